The molecule has 0 radical (unpaired) electrons. The lowest BCUT2D eigenvalue weighted by Crippen LogP contribution is -2.46. The van der Waals surface area contributed by atoms with Gasteiger partial charge in [-0.1, -0.05) is 0 Å². The zero-order valence-electron chi connectivity index (χ0n) is 14.5. The Kier molecular flexibility index (Phi) is 8.11. The van der Waals surface area contributed by atoms with Crippen molar-refractivity contribution in [1.29, 1.82) is 0 Å². The largest absolute Gasteiger partial charge is 0.493 e. The van der Waals surface area contributed by atoms with E-state index < -0.39 is 18.6 Å². The van der Waals surface area contributed by atoms with Gasteiger partial charge in [0.2, 0.25) is 5.75 Å². The zero-order valence-corrected chi connectivity index (χ0v) is 15.3. The van der Waals surface area contributed by atoms with E-state index in [1.165, 1.54) is 21.3 Å². The molecule has 1 aromatic carbocycles. The van der Waals surface area contributed by atoms with Gasteiger partial charge in [-0.15, -0.1) is 12.4 Å². The molecule has 2 rings (SSSR count). The van der Waals surface area contributed by atoms with Crippen LogP contribution in [-0.2, 0) is 0 Å². The number of piperazine rings is 1. The van der Waals surface area contributed by atoms with E-state index in [2.05, 4.69) is 5.32 Å². The second-order valence-electron chi connectivity index (χ2n) is 5.58. The molecule has 1 fully saturated rings. The summed E-state index contributed by atoms with van der Waals surface area (Å²) in [6, 6.07) is 2.40. The minimum Gasteiger partial charge on any atom is -0.493 e. The highest BCUT2D eigenvalue weighted by atomic mass is 35.5. The van der Waals surface area contributed by atoms with Crippen LogP contribution in [0.15, 0.2) is 12.1 Å². The molecular weight excluding hydrogens is 361 g/mol. The molecule has 1 aliphatic heterocycles. The lowest BCUT2D eigenvalue weighted by Gasteiger charge is -2.36. The third-order valence-corrected chi connectivity index (χ3v) is 4.09. The molecule has 1 atom stereocenters. The first-order valence-corrected chi connectivity index (χ1v) is 7.71. The third-order valence-electron chi connectivity index (χ3n) is 4.09. The Morgan fingerprint density at radius 2 is 1.56 bits per heavy atom. The molecule has 9 heteroatoms. The van der Waals surface area contributed by atoms with Crippen LogP contribution in [0.2, 0.25) is 0 Å². The Morgan fingerprint density at radius 1 is 1.04 bits per heavy atom. The van der Waals surface area contributed by atoms with Crippen LogP contribution in [0.25, 0.3) is 0 Å². The number of rotatable bonds is 6. The predicted octanol–water partition coefficient (Wildman–Crippen LogP) is 3.03. The van der Waals surface area contributed by atoms with Gasteiger partial charge in [-0.25, -0.2) is 0 Å². The van der Waals surface area contributed by atoms with Gasteiger partial charge in [0.25, 0.3) is 0 Å². The van der Waals surface area contributed by atoms with Gasteiger partial charge in [0.05, 0.1) is 27.8 Å². The summed E-state index contributed by atoms with van der Waals surface area (Å²) in [6.45, 7) is 2.44. The zero-order chi connectivity index (χ0) is 17.7. The molecule has 0 amide bonds. The Bertz CT molecular complexity index is 527. The molecule has 1 saturated heterocycles. The van der Waals surface area contributed by atoms with Crippen molar-refractivity contribution in [1.82, 2.24) is 10.2 Å². The van der Waals surface area contributed by atoms with Gasteiger partial charge < -0.3 is 19.5 Å². The smallest absolute Gasteiger partial charge is 0.390 e. The van der Waals surface area contributed by atoms with Gasteiger partial charge >= 0.3 is 6.18 Å². The van der Waals surface area contributed by atoms with Gasteiger partial charge in [0.1, 0.15) is 0 Å². The van der Waals surface area contributed by atoms with Gasteiger partial charge in [-0.05, 0) is 17.7 Å². The quantitative estimate of drug-likeness (QED) is 0.816. The van der Waals surface area contributed by atoms with E-state index in [-0.39, 0.29) is 12.4 Å². The summed E-state index contributed by atoms with van der Waals surface area (Å²) in [5, 5.41) is 3.15. The lowest BCUT2D eigenvalue weighted by atomic mass is 9.99. The van der Waals surface area contributed by atoms with Crippen LogP contribution in [0.3, 0.4) is 0 Å². The maximum absolute atomic E-state index is 13.1. The number of nitrogens with zero attached hydrogens (tertiary/aromatic N) is 1. The molecule has 5 nitrogen and oxygen atoms in total. The van der Waals surface area contributed by atoms with Gasteiger partial charge in [0, 0.05) is 32.2 Å². The molecule has 25 heavy (non-hydrogen) atoms. The van der Waals surface area contributed by atoms with Crippen molar-refractivity contribution in [2.75, 3.05) is 47.5 Å². The van der Waals surface area contributed by atoms with E-state index in [0.29, 0.717) is 49.0 Å². The molecule has 144 valence electrons. The van der Waals surface area contributed by atoms with E-state index in [4.69, 9.17) is 14.2 Å². The first-order chi connectivity index (χ1) is 11.4. The van der Waals surface area contributed by atoms with Crippen LogP contribution in [0.5, 0.6) is 17.2 Å². The summed E-state index contributed by atoms with van der Waals surface area (Å²) in [6.07, 6.45) is -5.19. The van der Waals surface area contributed by atoms with Gasteiger partial charge in [-0.3, -0.25) is 4.90 Å². The first-order valence-electron chi connectivity index (χ1n) is 7.71. The topological polar surface area (TPSA) is 43.0 Å². The monoisotopic (exact) mass is 384 g/mol. The van der Waals surface area contributed by atoms with Crippen molar-refractivity contribution in [3.8, 4) is 17.2 Å². The van der Waals surface area contributed by atoms with Gasteiger partial charge in [0.15, 0.2) is 11.5 Å². The summed E-state index contributed by atoms with van der Waals surface area (Å²) in [7, 11) is 4.36. The average Bonchev–Trinajstić information content (AvgIpc) is 2.58. The summed E-state index contributed by atoms with van der Waals surface area (Å²) in [5.41, 5.74) is 0.503. The number of ether oxygens (including phenoxy) is 3. The van der Waals surface area contributed by atoms with E-state index in [1.807, 2.05) is 4.90 Å². The molecule has 0 saturated carbocycles. The van der Waals surface area contributed by atoms with Crippen molar-refractivity contribution in [2.24, 2.45) is 0 Å². The first kappa shape index (κ1) is 21.7. The fraction of sp³-hybridized carbons (Fsp3) is 0.625. The number of benzene rings is 1. The summed E-state index contributed by atoms with van der Waals surface area (Å²) in [4.78, 5) is 1.84. The number of alkyl halides is 3. The number of hydrogen-bond acceptors (Lipinski definition) is 5. The maximum Gasteiger partial charge on any atom is 0.390 e. The SMILES string of the molecule is COc1cc([C@@H](CC(F)(F)F)N2CCNCC2)cc(OC)c1OC.Cl. The molecule has 1 N–H and O–H groups in total. The van der Waals surface area contributed by atoms with Crippen LogP contribution in [0.4, 0.5) is 13.2 Å². The molecule has 0 aromatic heterocycles. The fourth-order valence-corrected chi connectivity index (χ4v) is 2.96. The molecule has 0 unspecified atom stereocenters. The van der Waals surface area contributed by atoms with Crippen molar-refractivity contribution in [3.63, 3.8) is 0 Å². The number of methoxy groups -OCH3 is 3. The molecule has 1 aromatic rings. The Morgan fingerprint density at radius 3 is 1.96 bits per heavy atom. The van der Waals surface area contributed by atoms with Crippen LogP contribution >= 0.6 is 12.4 Å². The van der Waals surface area contributed by atoms with E-state index >= 15 is 0 Å². The van der Waals surface area contributed by atoms with Crippen LogP contribution in [-0.4, -0.2) is 58.6 Å². The molecule has 1 aliphatic rings. The number of nitrogens with one attached hydrogen (secondary N) is 1. The van der Waals surface area contributed by atoms with Crippen molar-refractivity contribution in [2.45, 2.75) is 18.6 Å². The Labute approximate surface area is 151 Å². The van der Waals surface area contributed by atoms with Crippen LogP contribution < -0.4 is 19.5 Å². The Hall–Kier alpha value is -1.38. The average molecular weight is 385 g/mol. The van der Waals surface area contributed by atoms with Crippen LogP contribution in [0, 0.1) is 0 Å². The minimum atomic E-state index is -4.27. The normalized spacial score (nSPS) is 16.7. The second kappa shape index (κ2) is 9.35. The van der Waals surface area contributed by atoms with E-state index in [9.17, 15) is 13.2 Å². The fourth-order valence-electron chi connectivity index (χ4n) is 2.96. The molecule has 0 bridgehead atoms. The molecular formula is C16H24ClF3N2O3. The lowest BCUT2D eigenvalue weighted by molar-refractivity contribution is -0.148. The highest BCUT2D eigenvalue weighted by molar-refractivity contribution is 5.85. The highest BCUT2D eigenvalue weighted by Crippen LogP contribution is 2.43. The predicted molar refractivity (Wildman–Crippen MR) is 91.2 cm³/mol. The molecule has 0 aliphatic carbocycles. The Balaban J connectivity index is 0.00000312. The minimum absolute atomic E-state index is 0. The summed E-state index contributed by atoms with van der Waals surface area (Å²) < 4.78 is 55.2. The highest BCUT2D eigenvalue weighted by Gasteiger charge is 2.36. The van der Waals surface area contributed by atoms with Crippen molar-refractivity contribution >= 4 is 12.4 Å². The standard InChI is InChI=1S/C16H23F3N2O3.ClH/c1-22-13-8-11(9-14(23-2)15(13)24-3)12(10-16(17,18)19)21-6-4-20-5-7-21;/h8-9,12,20H,4-7,10H2,1-3H3;1H/t12-;/m1./s1. The van der Waals surface area contributed by atoms with Crippen LogP contribution in [0.1, 0.15) is 18.0 Å². The van der Waals surface area contributed by atoms with Crippen molar-refractivity contribution < 1.29 is 27.4 Å². The summed E-state index contributed by atoms with van der Waals surface area (Å²) >= 11 is 0. The van der Waals surface area contributed by atoms with E-state index in [0.717, 1.165) is 0 Å². The van der Waals surface area contributed by atoms with Gasteiger partial charge in [-0.2, -0.15) is 13.2 Å². The number of hydrogen-bond donors (Lipinski definition) is 1. The third kappa shape index (κ3) is 5.55. The second-order valence-corrected chi connectivity index (χ2v) is 5.58. The number of halogens is 4. The maximum atomic E-state index is 13.1. The van der Waals surface area contributed by atoms with E-state index in [1.54, 1.807) is 12.1 Å². The summed E-state index contributed by atoms with van der Waals surface area (Å²) in [5.74, 6) is 1.08. The molecule has 1 heterocycles. The van der Waals surface area contributed by atoms with Crippen molar-refractivity contribution in [3.05, 3.63) is 17.7 Å². The molecule has 0 spiro atoms.